The fourth-order valence-electron chi connectivity index (χ4n) is 5.71. The minimum absolute atomic E-state index is 0.139. The molecular weight excluding hydrogens is 570 g/mol. The third-order valence-electron chi connectivity index (χ3n) is 8.58. The van der Waals surface area contributed by atoms with E-state index in [2.05, 4.69) is 38.2 Å². The standard InChI is InChI=1S/C41H77NO4/c1-5-7-9-11-13-15-17-19-21-23-25-27-29-31-33-35-40(43)45-38-39(37-42(3)4)46-41(44)36-34-32-30-28-26-24-22-20-18-16-14-12-10-8-6-2/h19-22,39H,5-18,23-38H2,1-4H3/b21-19-,22-20+. The van der Waals surface area contributed by atoms with E-state index in [1.165, 1.54) is 128 Å². The molecular formula is C41H77NO4. The summed E-state index contributed by atoms with van der Waals surface area (Å²) in [7, 11) is 3.88. The highest BCUT2D eigenvalue weighted by Gasteiger charge is 2.18. The number of likely N-dealkylation sites (N-methyl/N-ethyl adjacent to an activating group) is 1. The van der Waals surface area contributed by atoms with Crippen molar-refractivity contribution in [1.29, 1.82) is 0 Å². The smallest absolute Gasteiger partial charge is 0.306 e. The Labute approximate surface area is 286 Å². The summed E-state index contributed by atoms with van der Waals surface area (Å²) in [4.78, 5) is 26.7. The third-order valence-corrected chi connectivity index (χ3v) is 8.58. The molecule has 0 spiro atoms. The molecule has 0 heterocycles. The van der Waals surface area contributed by atoms with E-state index in [-0.39, 0.29) is 18.5 Å². The summed E-state index contributed by atoms with van der Waals surface area (Å²) < 4.78 is 11.2. The largest absolute Gasteiger partial charge is 0.462 e. The Morgan fingerprint density at radius 1 is 0.500 bits per heavy atom. The number of ether oxygens (including phenoxy) is 2. The molecule has 0 saturated heterocycles. The number of unbranched alkanes of at least 4 members (excludes halogenated alkanes) is 22. The highest BCUT2D eigenvalue weighted by Crippen LogP contribution is 2.13. The zero-order valence-electron chi connectivity index (χ0n) is 31.2. The zero-order valence-corrected chi connectivity index (χ0v) is 31.2. The van der Waals surface area contributed by atoms with Crippen LogP contribution in [0.4, 0.5) is 0 Å². The van der Waals surface area contributed by atoms with Gasteiger partial charge in [0.15, 0.2) is 0 Å². The van der Waals surface area contributed by atoms with E-state index >= 15 is 0 Å². The average molecular weight is 648 g/mol. The molecule has 0 rings (SSSR count). The maximum atomic E-state index is 12.4. The molecule has 0 bridgehead atoms. The van der Waals surface area contributed by atoms with E-state index in [4.69, 9.17) is 9.47 Å². The average Bonchev–Trinajstić information content (AvgIpc) is 3.03. The van der Waals surface area contributed by atoms with Crippen LogP contribution in [-0.2, 0) is 19.1 Å². The fourth-order valence-corrected chi connectivity index (χ4v) is 5.71. The molecule has 0 fully saturated rings. The molecule has 0 amide bonds. The van der Waals surface area contributed by atoms with Crippen molar-refractivity contribution in [3.05, 3.63) is 24.3 Å². The molecule has 0 aromatic carbocycles. The van der Waals surface area contributed by atoms with Gasteiger partial charge in [-0.15, -0.1) is 0 Å². The van der Waals surface area contributed by atoms with Crippen LogP contribution >= 0.6 is 0 Å². The van der Waals surface area contributed by atoms with Crippen molar-refractivity contribution in [1.82, 2.24) is 4.90 Å². The summed E-state index contributed by atoms with van der Waals surface area (Å²) in [5.41, 5.74) is 0. The number of carbonyl (C=O) groups is 2. The van der Waals surface area contributed by atoms with E-state index in [9.17, 15) is 9.59 Å². The molecule has 0 aromatic rings. The highest BCUT2D eigenvalue weighted by atomic mass is 16.6. The van der Waals surface area contributed by atoms with Crippen molar-refractivity contribution in [3.8, 4) is 0 Å². The maximum Gasteiger partial charge on any atom is 0.306 e. The van der Waals surface area contributed by atoms with Crippen LogP contribution in [0.5, 0.6) is 0 Å². The SMILES string of the molecule is CCCCCCCC/C=C\CCCCCCCC(=O)OCC(CN(C)C)OC(=O)CCCCCCC/C=C/CCCCCCCC. The molecule has 0 N–H and O–H groups in total. The van der Waals surface area contributed by atoms with Crippen molar-refractivity contribution < 1.29 is 19.1 Å². The molecule has 1 atom stereocenters. The van der Waals surface area contributed by atoms with E-state index in [0.717, 1.165) is 38.5 Å². The lowest BCUT2D eigenvalue weighted by Crippen LogP contribution is -2.34. The number of rotatable bonds is 35. The van der Waals surface area contributed by atoms with Crippen LogP contribution in [0, 0.1) is 0 Å². The number of hydrogen-bond acceptors (Lipinski definition) is 5. The summed E-state index contributed by atoms with van der Waals surface area (Å²) in [5.74, 6) is -0.368. The van der Waals surface area contributed by atoms with Gasteiger partial charge < -0.3 is 14.4 Å². The molecule has 0 aliphatic heterocycles. The van der Waals surface area contributed by atoms with Gasteiger partial charge >= 0.3 is 11.9 Å². The lowest BCUT2D eigenvalue weighted by atomic mass is 10.1. The van der Waals surface area contributed by atoms with E-state index in [0.29, 0.717) is 19.4 Å². The van der Waals surface area contributed by atoms with Crippen molar-refractivity contribution in [2.24, 2.45) is 0 Å². The van der Waals surface area contributed by atoms with Crippen molar-refractivity contribution in [2.75, 3.05) is 27.2 Å². The molecule has 5 nitrogen and oxygen atoms in total. The van der Waals surface area contributed by atoms with Crippen LogP contribution in [0.25, 0.3) is 0 Å². The molecule has 1 unspecified atom stereocenters. The second-order valence-corrected chi connectivity index (χ2v) is 13.7. The molecule has 270 valence electrons. The molecule has 0 saturated carbocycles. The molecule has 46 heavy (non-hydrogen) atoms. The van der Waals surface area contributed by atoms with Crippen LogP contribution in [0.15, 0.2) is 24.3 Å². The van der Waals surface area contributed by atoms with Crippen molar-refractivity contribution in [2.45, 2.75) is 200 Å². The fraction of sp³-hybridized carbons (Fsp3) is 0.854. The Balaban J connectivity index is 3.78. The van der Waals surface area contributed by atoms with Crippen LogP contribution in [0.3, 0.4) is 0 Å². The predicted octanol–water partition coefficient (Wildman–Crippen LogP) is 12.1. The predicted molar refractivity (Wildman–Crippen MR) is 198 cm³/mol. The monoisotopic (exact) mass is 648 g/mol. The normalized spacial score (nSPS) is 12.5. The van der Waals surface area contributed by atoms with Gasteiger partial charge in [-0.05, 0) is 78.3 Å². The summed E-state index contributed by atoms with van der Waals surface area (Å²) in [6, 6.07) is 0. The number of nitrogens with zero attached hydrogens (tertiary/aromatic N) is 1. The van der Waals surface area contributed by atoms with Gasteiger partial charge in [0.2, 0.25) is 0 Å². The first kappa shape index (κ1) is 44.4. The zero-order chi connectivity index (χ0) is 33.8. The summed E-state index contributed by atoms with van der Waals surface area (Å²) >= 11 is 0. The Morgan fingerprint density at radius 3 is 1.24 bits per heavy atom. The maximum absolute atomic E-state index is 12.4. The van der Waals surface area contributed by atoms with Gasteiger partial charge in [0.05, 0.1) is 0 Å². The van der Waals surface area contributed by atoms with Gasteiger partial charge in [0.25, 0.3) is 0 Å². The quantitative estimate of drug-likeness (QED) is 0.0389. The van der Waals surface area contributed by atoms with Crippen molar-refractivity contribution in [3.63, 3.8) is 0 Å². The highest BCUT2D eigenvalue weighted by molar-refractivity contribution is 5.70. The Bertz CT molecular complexity index is 717. The van der Waals surface area contributed by atoms with Gasteiger partial charge in [-0.2, -0.15) is 0 Å². The minimum atomic E-state index is -0.413. The second kappa shape index (κ2) is 36.2. The van der Waals surface area contributed by atoms with Gasteiger partial charge in [-0.1, -0.05) is 141 Å². The first-order chi connectivity index (χ1) is 22.5. The Hall–Kier alpha value is -1.62. The lowest BCUT2D eigenvalue weighted by molar-refractivity contribution is -0.160. The van der Waals surface area contributed by atoms with Crippen LogP contribution in [-0.4, -0.2) is 50.2 Å². The van der Waals surface area contributed by atoms with Gasteiger partial charge in [-0.3, -0.25) is 9.59 Å². The first-order valence-electron chi connectivity index (χ1n) is 19.8. The molecule has 0 aliphatic rings. The van der Waals surface area contributed by atoms with Gasteiger partial charge in [0, 0.05) is 19.4 Å². The molecule has 5 heteroatoms. The number of allylic oxidation sites excluding steroid dienone is 4. The number of hydrogen-bond donors (Lipinski definition) is 0. The number of carbonyl (C=O) groups excluding carboxylic acids is 2. The van der Waals surface area contributed by atoms with E-state index < -0.39 is 6.10 Å². The van der Waals surface area contributed by atoms with E-state index in [1.54, 1.807) is 0 Å². The summed E-state index contributed by atoms with van der Waals surface area (Å²) in [6.07, 6.45) is 42.0. The summed E-state index contributed by atoms with van der Waals surface area (Å²) in [5, 5.41) is 0. The molecule has 0 aromatic heterocycles. The lowest BCUT2D eigenvalue weighted by Gasteiger charge is -2.21. The number of esters is 2. The minimum Gasteiger partial charge on any atom is -0.462 e. The third kappa shape index (κ3) is 35.2. The van der Waals surface area contributed by atoms with Gasteiger partial charge in [-0.25, -0.2) is 0 Å². The topological polar surface area (TPSA) is 55.8 Å². The van der Waals surface area contributed by atoms with Gasteiger partial charge in [0.1, 0.15) is 12.7 Å². The summed E-state index contributed by atoms with van der Waals surface area (Å²) in [6.45, 7) is 5.23. The van der Waals surface area contributed by atoms with Crippen molar-refractivity contribution >= 4 is 11.9 Å². The Kier molecular flexibility index (Phi) is 34.9. The Morgan fingerprint density at radius 2 is 0.848 bits per heavy atom. The van der Waals surface area contributed by atoms with E-state index in [1.807, 2.05) is 19.0 Å². The first-order valence-corrected chi connectivity index (χ1v) is 19.8. The van der Waals surface area contributed by atoms with Crippen LogP contribution in [0.1, 0.15) is 194 Å². The second-order valence-electron chi connectivity index (χ2n) is 13.7. The molecule has 0 radical (unpaired) electrons. The van der Waals surface area contributed by atoms with Crippen LogP contribution in [0.2, 0.25) is 0 Å². The van der Waals surface area contributed by atoms with Crippen LogP contribution < -0.4 is 0 Å². The molecule has 0 aliphatic carbocycles.